The largest absolute Gasteiger partial charge is 0.477 e. The number of benzene rings is 2. The highest BCUT2D eigenvalue weighted by atomic mass is 35.5. The normalized spacial score (nSPS) is 20.4. The van der Waals surface area contributed by atoms with Crippen molar-refractivity contribution in [2.75, 3.05) is 11.9 Å². The number of anilines is 1. The molecule has 0 bridgehead atoms. The van der Waals surface area contributed by atoms with Crippen molar-refractivity contribution >= 4 is 50.1 Å². The molecule has 1 spiro atoms. The minimum atomic E-state index is -4.44. The number of aromatic carboxylic acids is 1. The first-order chi connectivity index (χ1) is 17.9. The van der Waals surface area contributed by atoms with Gasteiger partial charge in [-0.3, -0.25) is 9.59 Å². The van der Waals surface area contributed by atoms with E-state index in [9.17, 15) is 27.9 Å². The van der Waals surface area contributed by atoms with E-state index < -0.39 is 38.6 Å². The van der Waals surface area contributed by atoms with E-state index in [1.165, 1.54) is 29.8 Å². The Hall–Kier alpha value is -3.89. The number of carboxylic acids is 1. The molecule has 9 nitrogen and oxygen atoms in total. The number of carbonyl (C=O) groups is 2. The highest BCUT2D eigenvalue weighted by Crippen LogP contribution is 2.66. The van der Waals surface area contributed by atoms with Gasteiger partial charge in [0.2, 0.25) is 5.91 Å². The molecule has 2 aromatic carbocycles. The van der Waals surface area contributed by atoms with E-state index in [4.69, 9.17) is 11.6 Å². The average Bonchev–Trinajstić information content (AvgIpc) is 3.41. The number of carboxylic acid groups (broad SMARTS) is 1. The van der Waals surface area contributed by atoms with E-state index in [0.717, 1.165) is 11.1 Å². The van der Waals surface area contributed by atoms with Crippen molar-refractivity contribution in [2.45, 2.75) is 29.6 Å². The molecule has 1 aliphatic carbocycles. The predicted octanol–water partition coefficient (Wildman–Crippen LogP) is 3.64. The molecule has 1 fully saturated rings. The first kappa shape index (κ1) is 24.4. The van der Waals surface area contributed by atoms with Crippen LogP contribution in [0.25, 0.3) is 10.9 Å². The Morgan fingerprint density at radius 1 is 1.08 bits per heavy atom. The number of fused-ring (bicyclic) bond motifs is 3. The van der Waals surface area contributed by atoms with E-state index in [1.807, 2.05) is 6.07 Å². The van der Waals surface area contributed by atoms with Crippen LogP contribution in [0.2, 0.25) is 5.02 Å². The fourth-order valence-corrected chi connectivity index (χ4v) is 7.43. The third-order valence-corrected chi connectivity index (χ3v) is 9.69. The van der Waals surface area contributed by atoms with Crippen LogP contribution in [0.15, 0.2) is 64.4 Å². The summed E-state index contributed by atoms with van der Waals surface area (Å²) in [5, 5.41) is 10.7. The number of rotatable bonds is 4. The molecule has 194 valence electrons. The number of aromatic nitrogens is 2. The number of pyridine rings is 1. The van der Waals surface area contributed by atoms with Gasteiger partial charge in [-0.2, -0.15) is 0 Å². The SMILES string of the molecule is Cc1ccc(S(=O)(=O)n2c(C(=O)O)cc3c([C@@H]4C[C@@]45C(=O)N(C)c4cc(Cl)ccc45)cn(C)c(=O)c32)cc1. The first-order valence-corrected chi connectivity index (χ1v) is 13.6. The Balaban J connectivity index is 1.62. The summed E-state index contributed by atoms with van der Waals surface area (Å²) in [6, 6.07) is 12.4. The van der Waals surface area contributed by atoms with Crippen LogP contribution in [0, 0.1) is 6.92 Å². The third kappa shape index (κ3) is 3.10. The number of carbonyl (C=O) groups excluding carboxylic acids is 1. The standard InChI is InChI=1S/C27H22ClN3O6S/c1-14-4-7-16(8-5-14)38(36,37)31-22(25(33)34)11-17-18(13-29(2)24(32)23(17)31)20-12-27(20)19-9-6-15(28)10-21(19)30(3)26(27)35/h4-11,13,20H,12H2,1-3H3,(H,33,34)/t20-,27-/m0/s1. The van der Waals surface area contributed by atoms with Crippen LogP contribution in [0.3, 0.4) is 0 Å². The predicted molar refractivity (Wildman–Crippen MR) is 142 cm³/mol. The van der Waals surface area contributed by atoms with E-state index in [2.05, 4.69) is 0 Å². The summed E-state index contributed by atoms with van der Waals surface area (Å²) >= 11 is 6.18. The number of hydrogen-bond donors (Lipinski definition) is 1. The second-order valence-corrected chi connectivity index (χ2v) is 12.2. The second-order valence-electron chi connectivity index (χ2n) is 9.93. The maximum atomic E-state index is 13.7. The third-order valence-electron chi connectivity index (χ3n) is 7.73. The number of amides is 1. The van der Waals surface area contributed by atoms with Gasteiger partial charge < -0.3 is 14.6 Å². The number of halogens is 1. The molecule has 4 aromatic rings. The van der Waals surface area contributed by atoms with E-state index >= 15 is 0 Å². The van der Waals surface area contributed by atoms with Crippen molar-refractivity contribution in [2.24, 2.45) is 7.05 Å². The molecule has 38 heavy (non-hydrogen) atoms. The Labute approximate surface area is 222 Å². The zero-order chi connectivity index (χ0) is 27.3. The maximum absolute atomic E-state index is 13.7. The zero-order valence-electron chi connectivity index (χ0n) is 20.6. The van der Waals surface area contributed by atoms with Gasteiger partial charge in [0.25, 0.3) is 15.6 Å². The van der Waals surface area contributed by atoms with E-state index in [0.29, 0.717) is 26.7 Å². The van der Waals surface area contributed by atoms with Crippen molar-refractivity contribution in [3.05, 3.63) is 92.5 Å². The van der Waals surface area contributed by atoms with Crippen LogP contribution in [0.5, 0.6) is 0 Å². The summed E-state index contributed by atoms with van der Waals surface area (Å²) in [7, 11) is -1.29. The molecule has 3 heterocycles. The first-order valence-electron chi connectivity index (χ1n) is 11.8. The molecule has 1 saturated carbocycles. The minimum absolute atomic E-state index is 0.132. The molecule has 0 unspecified atom stereocenters. The number of likely N-dealkylation sites (N-methyl/N-ethyl adjacent to an activating group) is 1. The molecule has 2 atom stereocenters. The lowest BCUT2D eigenvalue weighted by Gasteiger charge is -2.14. The van der Waals surface area contributed by atoms with Crippen LogP contribution >= 0.6 is 11.6 Å². The summed E-state index contributed by atoms with van der Waals surface area (Å²) in [6.07, 6.45) is 2.00. The van der Waals surface area contributed by atoms with Crippen molar-refractivity contribution in [1.29, 1.82) is 0 Å². The summed E-state index contributed by atoms with van der Waals surface area (Å²) in [4.78, 5) is 40.6. The van der Waals surface area contributed by atoms with Gasteiger partial charge >= 0.3 is 5.97 Å². The van der Waals surface area contributed by atoms with Gasteiger partial charge in [0.1, 0.15) is 11.2 Å². The van der Waals surface area contributed by atoms with Crippen molar-refractivity contribution in [3.8, 4) is 0 Å². The quantitative estimate of drug-likeness (QED) is 0.414. The Morgan fingerprint density at radius 2 is 1.76 bits per heavy atom. The summed E-state index contributed by atoms with van der Waals surface area (Å²) in [6.45, 7) is 1.80. The van der Waals surface area contributed by atoms with Gasteiger partial charge in [0, 0.05) is 42.3 Å². The van der Waals surface area contributed by atoms with Gasteiger partial charge in [-0.05, 0) is 54.8 Å². The van der Waals surface area contributed by atoms with Crippen molar-refractivity contribution < 1.29 is 23.1 Å². The van der Waals surface area contributed by atoms with Crippen molar-refractivity contribution in [3.63, 3.8) is 0 Å². The van der Waals surface area contributed by atoms with Crippen LogP contribution in [-0.4, -0.2) is 41.0 Å². The van der Waals surface area contributed by atoms with Gasteiger partial charge in [0.15, 0.2) is 0 Å². The van der Waals surface area contributed by atoms with E-state index in [-0.39, 0.29) is 21.7 Å². The molecule has 1 aliphatic heterocycles. The van der Waals surface area contributed by atoms with Crippen LogP contribution in [0.1, 0.15) is 39.5 Å². The maximum Gasteiger partial charge on any atom is 0.353 e. The molecule has 1 N–H and O–H groups in total. The number of nitrogens with zero attached hydrogens (tertiary/aromatic N) is 3. The van der Waals surface area contributed by atoms with Crippen LogP contribution in [-0.2, 0) is 27.3 Å². The fourth-order valence-electron chi connectivity index (χ4n) is 5.77. The second kappa shape index (κ2) is 7.81. The van der Waals surface area contributed by atoms with Gasteiger partial charge in [0.05, 0.1) is 10.3 Å². The highest BCUT2D eigenvalue weighted by molar-refractivity contribution is 7.90. The van der Waals surface area contributed by atoms with Gasteiger partial charge in [-0.25, -0.2) is 17.2 Å². The Bertz CT molecular complexity index is 1890. The molecule has 2 aromatic heterocycles. The number of aryl methyl sites for hydroxylation is 2. The van der Waals surface area contributed by atoms with Crippen LogP contribution in [0.4, 0.5) is 5.69 Å². The fraction of sp³-hybridized carbons (Fsp3) is 0.222. The summed E-state index contributed by atoms with van der Waals surface area (Å²) < 4.78 is 29.3. The molecular formula is C27H22ClN3O6S. The highest BCUT2D eigenvalue weighted by Gasteiger charge is 2.67. The zero-order valence-corrected chi connectivity index (χ0v) is 22.2. The lowest BCUT2D eigenvalue weighted by Crippen LogP contribution is -2.29. The van der Waals surface area contributed by atoms with Crippen molar-refractivity contribution in [1.82, 2.24) is 8.54 Å². The van der Waals surface area contributed by atoms with Crippen LogP contribution < -0.4 is 10.5 Å². The monoisotopic (exact) mass is 551 g/mol. The molecule has 6 rings (SSSR count). The average molecular weight is 552 g/mol. The molecule has 0 radical (unpaired) electrons. The van der Waals surface area contributed by atoms with E-state index in [1.54, 1.807) is 49.3 Å². The lowest BCUT2D eigenvalue weighted by molar-refractivity contribution is -0.120. The smallest absolute Gasteiger partial charge is 0.353 e. The molecule has 0 saturated heterocycles. The Morgan fingerprint density at radius 3 is 2.42 bits per heavy atom. The molecule has 2 aliphatic rings. The van der Waals surface area contributed by atoms with Gasteiger partial charge in [-0.1, -0.05) is 35.4 Å². The number of hydrogen-bond acceptors (Lipinski definition) is 5. The Kier molecular flexibility index (Phi) is 5.03. The molecule has 11 heteroatoms. The minimum Gasteiger partial charge on any atom is -0.477 e. The summed E-state index contributed by atoms with van der Waals surface area (Å²) in [5.41, 5.74) is 0.464. The molecule has 1 amide bonds. The summed E-state index contributed by atoms with van der Waals surface area (Å²) in [5.74, 6) is -2.02. The lowest BCUT2D eigenvalue weighted by atomic mass is 9.91. The van der Waals surface area contributed by atoms with Gasteiger partial charge in [-0.15, -0.1) is 0 Å². The molecular weight excluding hydrogens is 530 g/mol. The topological polar surface area (TPSA) is 119 Å².